The smallest absolute Gasteiger partial charge is 0.0358 e. The van der Waals surface area contributed by atoms with E-state index in [9.17, 15) is 0 Å². The minimum absolute atomic E-state index is 0.288. The number of hydrogen-bond donors (Lipinski definition) is 1. The van der Waals surface area contributed by atoms with Crippen LogP contribution in [0, 0.1) is 11.8 Å². The average molecular weight is 270 g/mol. The predicted molar refractivity (Wildman–Crippen MR) is 82.1 cm³/mol. The van der Waals surface area contributed by atoms with Crippen molar-refractivity contribution in [3.05, 3.63) is 0 Å². The van der Waals surface area contributed by atoms with Crippen LogP contribution in [-0.2, 0) is 0 Å². The minimum Gasteiger partial charge on any atom is -0.329 e. The Morgan fingerprint density at radius 3 is 2.28 bits per heavy atom. The van der Waals surface area contributed by atoms with Crippen LogP contribution in [0.4, 0.5) is 0 Å². The first-order chi connectivity index (χ1) is 8.48. The normalized spacial score (nSPS) is 47.2. The van der Waals surface area contributed by atoms with Gasteiger partial charge in [0.05, 0.1) is 0 Å². The van der Waals surface area contributed by atoms with E-state index in [-0.39, 0.29) is 5.54 Å². The van der Waals surface area contributed by atoms with E-state index >= 15 is 0 Å². The average Bonchev–Trinajstić information content (AvgIpc) is 2.28. The van der Waals surface area contributed by atoms with E-state index in [1.165, 1.54) is 32.4 Å². The van der Waals surface area contributed by atoms with E-state index < -0.39 is 0 Å². The van der Waals surface area contributed by atoms with Crippen molar-refractivity contribution in [2.75, 3.05) is 19.6 Å². The third kappa shape index (κ3) is 2.73. The van der Waals surface area contributed by atoms with Gasteiger partial charge in [0.15, 0.2) is 0 Å². The van der Waals surface area contributed by atoms with Gasteiger partial charge in [0.25, 0.3) is 0 Å². The summed E-state index contributed by atoms with van der Waals surface area (Å²) in [6, 6.07) is 0. The third-order valence-electron chi connectivity index (χ3n) is 5.15. The van der Waals surface area contributed by atoms with Crippen LogP contribution in [-0.4, -0.2) is 40.6 Å². The highest BCUT2D eigenvalue weighted by molar-refractivity contribution is 8.00. The van der Waals surface area contributed by atoms with Crippen LogP contribution in [0.25, 0.3) is 0 Å². The second kappa shape index (κ2) is 5.72. The van der Waals surface area contributed by atoms with Crippen LogP contribution in [0.1, 0.15) is 47.0 Å². The van der Waals surface area contributed by atoms with Gasteiger partial charge in [-0.2, -0.15) is 11.8 Å². The molecule has 3 heteroatoms. The fourth-order valence-corrected chi connectivity index (χ4v) is 5.45. The second-order valence-corrected chi connectivity index (χ2v) is 8.63. The van der Waals surface area contributed by atoms with E-state index in [1.54, 1.807) is 0 Å². The van der Waals surface area contributed by atoms with Gasteiger partial charge >= 0.3 is 0 Å². The molecule has 0 radical (unpaired) electrons. The molecule has 2 fully saturated rings. The zero-order valence-corrected chi connectivity index (χ0v) is 13.3. The summed E-state index contributed by atoms with van der Waals surface area (Å²) in [6.07, 6.45) is 4.01. The fraction of sp³-hybridized carbons (Fsp3) is 1.00. The summed E-state index contributed by atoms with van der Waals surface area (Å²) in [5.41, 5.74) is 6.54. The molecule has 2 nitrogen and oxygen atoms in total. The van der Waals surface area contributed by atoms with Gasteiger partial charge < -0.3 is 5.73 Å². The summed E-state index contributed by atoms with van der Waals surface area (Å²) in [6.45, 7) is 12.9. The lowest BCUT2D eigenvalue weighted by Gasteiger charge is -2.54. The number of thioether (sulfide) groups is 1. The van der Waals surface area contributed by atoms with Gasteiger partial charge in [-0.15, -0.1) is 0 Å². The standard InChI is InChI=1S/C15H30N2S/c1-11-5-6-15(10-16,12(2)7-11)17-8-13(3)18-14(4)9-17/h11-14H,5-10,16H2,1-4H3. The van der Waals surface area contributed by atoms with Crippen molar-refractivity contribution in [1.82, 2.24) is 4.90 Å². The molecule has 2 aliphatic rings. The van der Waals surface area contributed by atoms with Crippen molar-refractivity contribution in [1.29, 1.82) is 0 Å². The molecule has 0 bridgehead atoms. The van der Waals surface area contributed by atoms with Crippen LogP contribution < -0.4 is 5.73 Å². The van der Waals surface area contributed by atoms with E-state index in [4.69, 9.17) is 5.73 Å². The molecule has 1 aliphatic carbocycles. The van der Waals surface area contributed by atoms with E-state index in [0.717, 1.165) is 28.9 Å². The zero-order valence-electron chi connectivity index (χ0n) is 12.5. The first kappa shape index (κ1) is 14.7. The largest absolute Gasteiger partial charge is 0.329 e. The third-order valence-corrected chi connectivity index (χ3v) is 6.37. The first-order valence-corrected chi connectivity index (χ1v) is 8.52. The first-order valence-electron chi connectivity index (χ1n) is 7.58. The van der Waals surface area contributed by atoms with Gasteiger partial charge in [-0.1, -0.05) is 27.7 Å². The molecule has 2 N–H and O–H groups in total. The fourth-order valence-electron chi connectivity index (χ4n) is 4.13. The molecule has 5 unspecified atom stereocenters. The summed E-state index contributed by atoms with van der Waals surface area (Å²) >= 11 is 2.14. The van der Waals surface area contributed by atoms with Gasteiger partial charge in [-0.25, -0.2) is 0 Å². The van der Waals surface area contributed by atoms with Crippen LogP contribution in [0.5, 0.6) is 0 Å². The second-order valence-electron chi connectivity index (χ2n) is 6.75. The van der Waals surface area contributed by atoms with Crippen molar-refractivity contribution >= 4 is 11.8 Å². The molecule has 1 saturated carbocycles. The summed E-state index contributed by atoms with van der Waals surface area (Å²) < 4.78 is 0. The summed E-state index contributed by atoms with van der Waals surface area (Å²) in [5.74, 6) is 1.63. The van der Waals surface area contributed by atoms with Crippen molar-refractivity contribution < 1.29 is 0 Å². The molecular formula is C15H30N2S. The van der Waals surface area contributed by atoms with Gasteiger partial charge in [0, 0.05) is 35.7 Å². The molecule has 0 aromatic rings. The SMILES string of the molecule is CC1CCC(CN)(N2CC(C)SC(C)C2)C(C)C1. The Balaban J connectivity index is 2.15. The van der Waals surface area contributed by atoms with Gasteiger partial charge in [-0.3, -0.25) is 4.90 Å². The maximum Gasteiger partial charge on any atom is 0.0358 e. The number of hydrogen-bond acceptors (Lipinski definition) is 3. The van der Waals surface area contributed by atoms with E-state index in [1.807, 2.05) is 0 Å². The Labute approximate surface area is 117 Å². The highest BCUT2D eigenvalue weighted by Gasteiger charge is 2.45. The molecular weight excluding hydrogens is 240 g/mol. The maximum absolute atomic E-state index is 6.25. The molecule has 5 atom stereocenters. The Morgan fingerprint density at radius 1 is 1.17 bits per heavy atom. The van der Waals surface area contributed by atoms with E-state index in [2.05, 4.69) is 44.4 Å². The highest BCUT2D eigenvalue weighted by Crippen LogP contribution is 2.42. The van der Waals surface area contributed by atoms with Crippen molar-refractivity contribution in [3.63, 3.8) is 0 Å². The molecule has 0 aromatic carbocycles. The predicted octanol–water partition coefficient (Wildman–Crippen LogP) is 2.97. The number of rotatable bonds is 2. The Bertz CT molecular complexity index is 274. The molecule has 0 spiro atoms. The van der Waals surface area contributed by atoms with Gasteiger partial charge in [0.1, 0.15) is 0 Å². The van der Waals surface area contributed by atoms with Crippen LogP contribution in [0.2, 0.25) is 0 Å². The highest BCUT2D eigenvalue weighted by atomic mass is 32.2. The summed E-state index contributed by atoms with van der Waals surface area (Å²) in [7, 11) is 0. The van der Waals surface area contributed by atoms with Crippen molar-refractivity contribution in [2.24, 2.45) is 17.6 Å². The van der Waals surface area contributed by atoms with Crippen LogP contribution in [0.3, 0.4) is 0 Å². The zero-order chi connectivity index (χ0) is 13.3. The monoisotopic (exact) mass is 270 g/mol. The quantitative estimate of drug-likeness (QED) is 0.836. The van der Waals surface area contributed by atoms with E-state index in [0.29, 0.717) is 0 Å². The van der Waals surface area contributed by atoms with Crippen molar-refractivity contribution in [2.45, 2.75) is 63.0 Å². The van der Waals surface area contributed by atoms with Crippen LogP contribution >= 0.6 is 11.8 Å². The maximum atomic E-state index is 6.25. The number of nitrogens with zero attached hydrogens (tertiary/aromatic N) is 1. The Kier molecular flexibility index (Phi) is 4.66. The molecule has 18 heavy (non-hydrogen) atoms. The lowest BCUT2D eigenvalue weighted by molar-refractivity contribution is -0.00119. The molecule has 2 rings (SSSR count). The Morgan fingerprint density at radius 2 is 1.78 bits per heavy atom. The molecule has 1 aliphatic heterocycles. The Hall–Kier alpha value is 0.270. The van der Waals surface area contributed by atoms with Gasteiger partial charge in [-0.05, 0) is 31.1 Å². The van der Waals surface area contributed by atoms with Crippen LogP contribution in [0.15, 0.2) is 0 Å². The lowest BCUT2D eigenvalue weighted by atomic mass is 9.68. The molecule has 0 amide bonds. The van der Waals surface area contributed by atoms with Gasteiger partial charge in [0.2, 0.25) is 0 Å². The van der Waals surface area contributed by atoms with Crippen molar-refractivity contribution in [3.8, 4) is 0 Å². The summed E-state index contributed by atoms with van der Waals surface area (Å²) in [4.78, 5) is 2.75. The minimum atomic E-state index is 0.288. The summed E-state index contributed by atoms with van der Waals surface area (Å²) in [5, 5.41) is 1.51. The molecule has 1 heterocycles. The number of nitrogens with two attached hydrogens (primary N) is 1. The molecule has 1 saturated heterocycles. The molecule has 0 aromatic heterocycles. The lowest BCUT2D eigenvalue weighted by Crippen LogP contribution is -2.63. The molecule has 106 valence electrons. The topological polar surface area (TPSA) is 29.3 Å².